The van der Waals surface area contributed by atoms with Crippen molar-refractivity contribution in [3.05, 3.63) is 72.3 Å². The van der Waals surface area contributed by atoms with Crippen molar-refractivity contribution in [3.63, 3.8) is 0 Å². The fourth-order valence-corrected chi connectivity index (χ4v) is 6.87. The Morgan fingerprint density at radius 3 is 2.16 bits per heavy atom. The third-order valence-corrected chi connectivity index (χ3v) is 9.44. The molecule has 0 unspecified atom stereocenters. The number of methoxy groups -OCH3 is 2. The number of amidine groups is 1. The van der Waals surface area contributed by atoms with Gasteiger partial charge in [-0.3, -0.25) is 0 Å². The maximum atomic E-state index is 13.3. The molecule has 2 aromatic carbocycles. The first-order valence-electron chi connectivity index (χ1n) is 16.3. The van der Waals surface area contributed by atoms with Crippen molar-refractivity contribution in [2.75, 3.05) is 27.4 Å². The minimum absolute atomic E-state index is 0.130. The molecule has 2 aliphatic rings. The van der Waals surface area contributed by atoms with Crippen molar-refractivity contribution in [1.82, 2.24) is 4.90 Å². The van der Waals surface area contributed by atoms with Crippen LogP contribution in [0.25, 0.3) is 0 Å². The summed E-state index contributed by atoms with van der Waals surface area (Å²) in [4.78, 5) is 19.8. The van der Waals surface area contributed by atoms with Gasteiger partial charge in [0.2, 0.25) is 0 Å². The van der Waals surface area contributed by atoms with Crippen LogP contribution in [0, 0.1) is 0 Å². The van der Waals surface area contributed by atoms with Crippen molar-refractivity contribution < 1.29 is 37.4 Å². The molecule has 0 bridgehead atoms. The molecule has 0 spiro atoms. The van der Waals surface area contributed by atoms with Crippen LogP contribution in [0.1, 0.15) is 31.9 Å². The number of amides is 1. The predicted molar refractivity (Wildman–Crippen MR) is 210 cm³/mol. The summed E-state index contributed by atoms with van der Waals surface area (Å²) in [6.07, 6.45) is -0.688. The Hall–Kier alpha value is -2.42. The summed E-state index contributed by atoms with van der Waals surface area (Å²) in [6, 6.07) is 16.6. The van der Waals surface area contributed by atoms with E-state index >= 15 is 0 Å². The SMILES string of the molecule is B#S(=BB=BB=BB)OC[C@H]1O[C@@H]2SC(N(CC=C)C(=O)OC(C)(C)C)=N[C@@H]2[C@@H](OCc2ccc(OC)cc2)[C@@H]1OCc1ccc(OC)cc1. The van der Waals surface area contributed by atoms with Crippen molar-refractivity contribution >= 4 is 79.9 Å². The standard InChI is InChI=1S/C31H41B7N2O8S2/c1-7-16-40(30(41)48-31(2,3)4)29-39-25-27(45-18-21-10-14-23(43-6)15-11-21)26(44-17-20-8-12-22(42-5)13-9-20)24(47-28(25)49-29)19-46-50(33)38-37-36-35-34-32/h7-15,24-28H,1,16-19,32H2,2-6H3/t24-,25-,26-,27-,28-/m1/s1. The van der Waals surface area contributed by atoms with E-state index < -0.39 is 51.3 Å². The van der Waals surface area contributed by atoms with E-state index in [1.165, 1.54) is 16.7 Å². The van der Waals surface area contributed by atoms with Gasteiger partial charge in [-0.15, -0.1) is 0 Å². The van der Waals surface area contributed by atoms with Gasteiger partial charge in [-0.25, -0.2) is 0 Å². The Bertz CT molecular complexity index is 1670. The van der Waals surface area contributed by atoms with Gasteiger partial charge < -0.3 is 4.74 Å². The minimum atomic E-state index is -0.985. The summed E-state index contributed by atoms with van der Waals surface area (Å²) in [7, 11) is 4.21. The average molecular weight is 709 g/mol. The van der Waals surface area contributed by atoms with Crippen LogP contribution in [-0.2, 0) is 36.3 Å². The summed E-state index contributed by atoms with van der Waals surface area (Å²) >= 11 is 1.33. The van der Waals surface area contributed by atoms with Gasteiger partial charge in [-0.05, 0) is 20.8 Å². The Morgan fingerprint density at radius 2 is 1.62 bits per heavy atom. The van der Waals surface area contributed by atoms with Gasteiger partial charge in [0.15, 0.2) is 0 Å². The molecule has 0 N–H and O–H groups in total. The number of rotatable bonds is 14. The Morgan fingerprint density at radius 1 is 1.02 bits per heavy atom. The first-order valence-corrected chi connectivity index (χ1v) is 18.4. The molecule has 1 saturated heterocycles. The molecule has 1 fully saturated rings. The number of ether oxygens (including phenoxy) is 6. The number of aliphatic imine (C=N–C) groups is 1. The first kappa shape index (κ1) is 40.4. The zero-order valence-corrected chi connectivity index (χ0v) is 31.2. The van der Waals surface area contributed by atoms with Crippen LogP contribution in [0.5, 0.6) is 11.5 Å². The van der Waals surface area contributed by atoms with Crippen LogP contribution >= 0.6 is 21.6 Å². The van der Waals surface area contributed by atoms with Gasteiger partial charge in [0, 0.05) is 0 Å². The molecule has 4 rings (SSSR count). The molecule has 19 heteroatoms. The van der Waals surface area contributed by atoms with Gasteiger partial charge >= 0.3 is 268 Å². The fraction of sp³-hybridized carbons (Fsp3) is 0.484. The molecule has 256 valence electrons. The number of hydrogen-bond acceptors (Lipinski definition) is 10. The van der Waals surface area contributed by atoms with Gasteiger partial charge in [0.25, 0.3) is 0 Å². The Balaban J connectivity index is 1.68. The zero-order chi connectivity index (χ0) is 36.1. The molecule has 1 amide bonds. The second-order valence-electron chi connectivity index (χ2n) is 12.3. The van der Waals surface area contributed by atoms with Gasteiger partial charge in [-0.1, -0.05) is 0 Å². The Kier molecular flexibility index (Phi) is 16.1. The number of fused-ring (bicyclic) bond motifs is 1. The van der Waals surface area contributed by atoms with Crippen molar-refractivity contribution in [3.8, 4) is 11.5 Å². The fourth-order valence-electron chi connectivity index (χ4n) is 5.04. The van der Waals surface area contributed by atoms with E-state index in [1.807, 2.05) is 104 Å². The van der Waals surface area contributed by atoms with E-state index in [0.717, 1.165) is 22.6 Å². The second-order valence-corrected chi connectivity index (χ2v) is 14.6. The van der Waals surface area contributed by atoms with Gasteiger partial charge in [0.05, 0.1) is 14.2 Å². The van der Waals surface area contributed by atoms with Crippen LogP contribution in [0.15, 0.2) is 66.2 Å². The third kappa shape index (κ3) is 12.1. The Labute approximate surface area is 306 Å². The topological polar surface area (TPSA) is 97.3 Å². The molecule has 10 nitrogen and oxygen atoms in total. The van der Waals surface area contributed by atoms with Crippen LogP contribution in [0.2, 0.25) is 0 Å². The molecule has 0 saturated carbocycles. The van der Waals surface area contributed by atoms with E-state index in [0.29, 0.717) is 5.17 Å². The van der Waals surface area contributed by atoms with Crippen LogP contribution in [0.3, 0.4) is 0 Å². The van der Waals surface area contributed by atoms with Crippen molar-refractivity contribution in [2.45, 2.75) is 69.4 Å². The summed E-state index contributed by atoms with van der Waals surface area (Å²) in [5, 5.41) is 0.448. The molecule has 5 atom stereocenters. The predicted octanol–water partition coefficient (Wildman–Crippen LogP) is 2.72. The molecule has 50 heavy (non-hydrogen) atoms. The quantitative estimate of drug-likeness (QED) is 0.217. The number of carbonyl (C=O) groups is 1. The molecule has 2 heterocycles. The number of hydrogen-bond donors (Lipinski definition) is 0. The normalized spacial score (nSPS) is 21.5. The van der Waals surface area contributed by atoms with Crippen molar-refractivity contribution in [2.24, 2.45) is 4.99 Å². The first-order chi connectivity index (χ1) is 24.0. The molecule has 2 aromatic rings. The van der Waals surface area contributed by atoms with E-state index in [2.05, 4.69) is 6.58 Å². The maximum absolute atomic E-state index is 13.3. The van der Waals surface area contributed by atoms with E-state index in [9.17, 15) is 4.79 Å². The summed E-state index contributed by atoms with van der Waals surface area (Å²) in [5.74, 6) is 1.50. The van der Waals surface area contributed by atoms with Gasteiger partial charge in [-0.2, -0.15) is 0 Å². The summed E-state index contributed by atoms with van der Waals surface area (Å²) < 4.78 is 42.5. The second kappa shape index (κ2) is 20.0. The molecule has 0 aliphatic carbocycles. The monoisotopic (exact) mass is 710 g/mol. The summed E-state index contributed by atoms with van der Waals surface area (Å²) in [6.45, 7) is 24.1. The van der Waals surface area contributed by atoms with Crippen LogP contribution in [0.4, 0.5) is 4.79 Å². The molecular weight excluding hydrogens is 668 g/mol. The van der Waals surface area contributed by atoms with E-state index in [4.69, 9.17) is 44.1 Å². The molecule has 0 radical (unpaired) electrons. The van der Waals surface area contributed by atoms with Crippen LogP contribution in [-0.4, -0.2) is 126 Å². The van der Waals surface area contributed by atoms with E-state index in [-0.39, 0.29) is 26.4 Å². The number of nitrogens with zero attached hydrogens (tertiary/aromatic N) is 2. The number of thioether (sulfide) groups is 1. The van der Waals surface area contributed by atoms with Crippen molar-refractivity contribution in [1.29, 1.82) is 0 Å². The molecule has 0 aromatic heterocycles. The number of benzene rings is 2. The molecular formula is C31H41B7N2O8S2. The van der Waals surface area contributed by atoms with Crippen LogP contribution < -0.4 is 9.47 Å². The summed E-state index contributed by atoms with van der Waals surface area (Å²) in [5.41, 5.74) is 0.677. The zero-order valence-electron chi connectivity index (χ0n) is 29.6. The third-order valence-electron chi connectivity index (χ3n) is 7.45. The van der Waals surface area contributed by atoms with Gasteiger partial charge in [0.1, 0.15) is 0 Å². The van der Waals surface area contributed by atoms with E-state index in [1.54, 1.807) is 26.3 Å². The molecule has 2 aliphatic heterocycles. The average Bonchev–Trinajstić information content (AvgIpc) is 3.52. The number of carbonyl (C=O) groups excluding carboxylic acids is 1.